The normalized spacial score (nSPS) is 21.6. The van der Waals surface area contributed by atoms with Crippen molar-refractivity contribution in [3.05, 3.63) is 199 Å². The lowest BCUT2D eigenvalue weighted by molar-refractivity contribution is -0.0104. The van der Waals surface area contributed by atoms with Crippen LogP contribution in [0, 0.1) is 35.0 Å². The molecule has 5 unspecified atom stereocenters. The number of anilines is 3. The number of rotatable bonds is 6. The van der Waals surface area contributed by atoms with Crippen molar-refractivity contribution in [3.8, 4) is 50.6 Å². The monoisotopic (exact) mass is 826 g/mol. The van der Waals surface area contributed by atoms with Crippen LogP contribution in [0.15, 0.2) is 182 Å². The molecule has 2 nitrogen and oxygen atoms in total. The fraction of sp³-hybridized carbons (Fsp3) is 0.183. The molecule has 3 bridgehead atoms. The van der Waals surface area contributed by atoms with Crippen molar-refractivity contribution < 1.29 is 0 Å². The Morgan fingerprint density at radius 2 is 1.19 bits per heavy atom. The van der Waals surface area contributed by atoms with Gasteiger partial charge >= 0.3 is 0 Å². The van der Waals surface area contributed by atoms with Crippen LogP contribution in [0.25, 0.3) is 64.7 Å². The van der Waals surface area contributed by atoms with Crippen molar-refractivity contribution in [1.29, 1.82) is 5.26 Å². The van der Waals surface area contributed by atoms with E-state index >= 15 is 0 Å². The van der Waals surface area contributed by atoms with Gasteiger partial charge in [0.25, 0.3) is 0 Å². The molecule has 1 spiro atoms. The van der Waals surface area contributed by atoms with Crippen molar-refractivity contribution in [2.24, 2.45) is 23.7 Å². The van der Waals surface area contributed by atoms with E-state index in [-0.39, 0.29) is 5.41 Å². The maximum Gasteiger partial charge on any atom is 0.0995 e. The van der Waals surface area contributed by atoms with Crippen molar-refractivity contribution in [2.75, 3.05) is 4.90 Å². The van der Waals surface area contributed by atoms with Crippen LogP contribution >= 0.6 is 11.3 Å². The Morgan fingerprint density at radius 3 is 1.90 bits per heavy atom. The number of hydrogen-bond acceptors (Lipinski definition) is 3. The number of thiophene rings is 1. The van der Waals surface area contributed by atoms with Gasteiger partial charge in [-0.05, 0) is 160 Å². The van der Waals surface area contributed by atoms with E-state index < -0.39 is 0 Å². The molecule has 0 N–H and O–H groups in total. The van der Waals surface area contributed by atoms with Crippen LogP contribution in [-0.2, 0) is 5.41 Å². The highest BCUT2D eigenvalue weighted by Crippen LogP contribution is 2.67. The van der Waals surface area contributed by atoms with Crippen LogP contribution in [0.3, 0.4) is 0 Å². The minimum absolute atomic E-state index is 0.0592. The average molecular weight is 827 g/mol. The third kappa shape index (κ3) is 5.67. The molecule has 3 heteroatoms. The molecule has 0 radical (unpaired) electrons. The lowest BCUT2D eigenvalue weighted by Gasteiger charge is -2.57. The Balaban J connectivity index is 0.972. The van der Waals surface area contributed by atoms with Crippen LogP contribution < -0.4 is 4.90 Å². The number of fused-ring (bicyclic) bond motifs is 11. The molecule has 0 saturated heterocycles. The van der Waals surface area contributed by atoms with Crippen molar-refractivity contribution in [2.45, 2.75) is 43.9 Å². The first-order valence-corrected chi connectivity index (χ1v) is 23.7. The number of nitriles is 1. The van der Waals surface area contributed by atoms with Crippen LogP contribution in [0.4, 0.5) is 17.1 Å². The van der Waals surface area contributed by atoms with Gasteiger partial charge in [-0.3, -0.25) is 0 Å². The molecule has 5 atom stereocenters. The highest BCUT2D eigenvalue weighted by molar-refractivity contribution is 7.26. The summed E-state index contributed by atoms with van der Waals surface area (Å²) in [6.45, 7) is 0. The molecule has 63 heavy (non-hydrogen) atoms. The first-order chi connectivity index (χ1) is 31.1. The SMILES string of the molecule is N#Cc1cc(-c2cccc3c2sc2cccc(N(c4ccc(-c5ccccc5)cc4)c4ccc(-c5ccccc5)cc4)c23)cc2c1C1(CC3CCC4CC3CC1C4)c1ccccc1-2. The third-order valence-corrected chi connectivity index (χ3v) is 16.9. The molecule has 1 aromatic heterocycles. The Hall–Kier alpha value is -6.73. The van der Waals surface area contributed by atoms with Crippen molar-refractivity contribution in [3.63, 3.8) is 0 Å². The van der Waals surface area contributed by atoms with Crippen LogP contribution in [0.2, 0.25) is 0 Å². The van der Waals surface area contributed by atoms with Gasteiger partial charge in [0.2, 0.25) is 0 Å². The Bertz CT molecular complexity index is 3180. The molecule has 1 heterocycles. The second kappa shape index (κ2) is 14.4. The number of hydrogen-bond donors (Lipinski definition) is 0. The summed E-state index contributed by atoms with van der Waals surface area (Å²) >= 11 is 1.87. The van der Waals surface area contributed by atoms with Gasteiger partial charge in [-0.25, -0.2) is 0 Å². The molecule has 13 rings (SSSR count). The van der Waals surface area contributed by atoms with E-state index in [4.69, 9.17) is 0 Å². The second-order valence-electron chi connectivity index (χ2n) is 18.7. The Morgan fingerprint density at radius 1 is 0.540 bits per heavy atom. The number of benzene rings is 8. The zero-order chi connectivity index (χ0) is 41.6. The molecule has 3 saturated carbocycles. The highest BCUT2D eigenvalue weighted by atomic mass is 32.1. The molecular formula is C60H46N2S. The predicted molar refractivity (Wildman–Crippen MR) is 263 cm³/mol. The molecule has 8 aromatic carbocycles. The second-order valence-corrected chi connectivity index (χ2v) is 19.8. The molecule has 3 fully saturated rings. The summed E-state index contributed by atoms with van der Waals surface area (Å²) in [5, 5.41) is 13.7. The van der Waals surface area contributed by atoms with Gasteiger partial charge in [0.1, 0.15) is 0 Å². The van der Waals surface area contributed by atoms with Crippen LogP contribution in [0.5, 0.6) is 0 Å². The molecule has 302 valence electrons. The minimum atomic E-state index is -0.0592. The summed E-state index contributed by atoms with van der Waals surface area (Å²) < 4.78 is 2.51. The highest BCUT2D eigenvalue weighted by Gasteiger charge is 2.58. The summed E-state index contributed by atoms with van der Waals surface area (Å²) in [4.78, 5) is 2.43. The predicted octanol–water partition coefficient (Wildman–Crippen LogP) is 16.5. The summed E-state index contributed by atoms with van der Waals surface area (Å²) in [5.41, 5.74) is 16.8. The summed E-state index contributed by atoms with van der Waals surface area (Å²) in [6.07, 6.45) is 7.99. The lowest BCUT2D eigenvalue weighted by atomic mass is 9.47. The van der Waals surface area contributed by atoms with E-state index in [1.54, 1.807) is 0 Å². The maximum absolute atomic E-state index is 11.2. The first kappa shape index (κ1) is 36.9. The Kier molecular flexibility index (Phi) is 8.44. The largest absolute Gasteiger partial charge is 0.310 e. The summed E-state index contributed by atoms with van der Waals surface area (Å²) in [6, 6.07) is 69.6. The fourth-order valence-corrected chi connectivity index (χ4v) is 14.3. The van der Waals surface area contributed by atoms with E-state index in [9.17, 15) is 5.26 Å². The van der Waals surface area contributed by atoms with E-state index in [1.165, 1.54) is 109 Å². The average Bonchev–Trinajstić information content (AvgIpc) is 3.87. The number of nitrogens with zero attached hydrogens (tertiary/aromatic N) is 2. The van der Waals surface area contributed by atoms with Crippen molar-refractivity contribution in [1.82, 2.24) is 0 Å². The van der Waals surface area contributed by atoms with Crippen LogP contribution in [0.1, 0.15) is 55.2 Å². The van der Waals surface area contributed by atoms with Crippen LogP contribution in [-0.4, -0.2) is 0 Å². The zero-order valence-corrected chi connectivity index (χ0v) is 36.0. The molecule has 9 aromatic rings. The minimum Gasteiger partial charge on any atom is -0.310 e. The quantitative estimate of drug-likeness (QED) is 0.167. The van der Waals surface area contributed by atoms with Gasteiger partial charge in [-0.15, -0.1) is 11.3 Å². The zero-order valence-electron chi connectivity index (χ0n) is 35.2. The van der Waals surface area contributed by atoms with Crippen molar-refractivity contribution >= 4 is 48.6 Å². The van der Waals surface area contributed by atoms with E-state index in [1.807, 2.05) is 11.3 Å². The third-order valence-electron chi connectivity index (χ3n) is 15.7. The maximum atomic E-state index is 11.2. The topological polar surface area (TPSA) is 27.0 Å². The van der Waals surface area contributed by atoms with E-state index in [2.05, 4.69) is 193 Å². The van der Waals surface area contributed by atoms with Gasteiger partial charge in [0.05, 0.1) is 17.3 Å². The molecular weight excluding hydrogens is 781 g/mol. The summed E-state index contributed by atoms with van der Waals surface area (Å²) in [5.74, 6) is 3.07. The van der Waals surface area contributed by atoms with Gasteiger partial charge in [-0.1, -0.05) is 140 Å². The van der Waals surface area contributed by atoms with Gasteiger partial charge in [0.15, 0.2) is 0 Å². The van der Waals surface area contributed by atoms with Gasteiger partial charge in [0, 0.05) is 37.0 Å². The molecule has 0 amide bonds. The fourth-order valence-electron chi connectivity index (χ4n) is 13.0. The standard InChI is InChI=1S/C60H46N2S/c61-37-46-33-45(35-53-51-15-7-8-18-54(51)60(58(46)53)36-43-22-21-38-31-44(43)34-47(60)32-38)50-16-9-17-52-57-55(19-10-20-56(57)63-59(50)52)62(48-27-23-41(24-28-48)39-11-3-1-4-12-39)49-29-25-42(26-30-49)40-13-5-2-6-14-40/h1-20,23-30,33,35,38,43-44,47H,21-22,31-32,34,36H2. The smallest absolute Gasteiger partial charge is 0.0995 e. The lowest BCUT2D eigenvalue weighted by Crippen LogP contribution is -2.50. The van der Waals surface area contributed by atoms with E-state index in [0.717, 1.165) is 45.9 Å². The van der Waals surface area contributed by atoms with Gasteiger partial charge < -0.3 is 4.90 Å². The molecule has 0 aliphatic heterocycles. The van der Waals surface area contributed by atoms with E-state index in [0.29, 0.717) is 5.92 Å². The molecule has 4 aliphatic rings. The summed E-state index contributed by atoms with van der Waals surface area (Å²) in [7, 11) is 0. The Labute approximate surface area is 373 Å². The first-order valence-electron chi connectivity index (χ1n) is 22.9. The molecule has 4 aliphatic carbocycles. The van der Waals surface area contributed by atoms with Gasteiger partial charge in [-0.2, -0.15) is 5.26 Å².